The summed E-state index contributed by atoms with van der Waals surface area (Å²) in [7, 11) is 3.53. The van der Waals surface area contributed by atoms with Gasteiger partial charge in [0.05, 0.1) is 0 Å². The first-order chi connectivity index (χ1) is 9.60. The van der Waals surface area contributed by atoms with Crippen LogP contribution in [0, 0.1) is 5.92 Å². The van der Waals surface area contributed by atoms with E-state index in [1.807, 2.05) is 24.3 Å². The number of benzene rings is 1. The summed E-state index contributed by atoms with van der Waals surface area (Å²) >= 11 is 0. The summed E-state index contributed by atoms with van der Waals surface area (Å²) < 4.78 is 0. The molecule has 1 aromatic carbocycles. The lowest BCUT2D eigenvalue weighted by Crippen LogP contribution is -2.36. The number of aliphatic hydroxyl groups is 1. The molecule has 0 aliphatic carbocycles. The molecule has 1 aliphatic heterocycles. The lowest BCUT2D eigenvalue weighted by atomic mass is 9.98. The van der Waals surface area contributed by atoms with Crippen LogP contribution in [0.5, 0.6) is 0 Å². The monoisotopic (exact) mass is 276 g/mol. The summed E-state index contributed by atoms with van der Waals surface area (Å²) in [5.74, 6) is 0.452. The lowest BCUT2D eigenvalue weighted by molar-refractivity contribution is 0.0827. The summed E-state index contributed by atoms with van der Waals surface area (Å²) in [6, 6.07) is 7.84. The van der Waals surface area contributed by atoms with E-state index in [1.165, 1.54) is 5.56 Å². The van der Waals surface area contributed by atoms with Gasteiger partial charge in [-0.1, -0.05) is 12.1 Å². The Morgan fingerprint density at radius 2 is 2.05 bits per heavy atom. The van der Waals surface area contributed by atoms with Gasteiger partial charge in [-0.15, -0.1) is 0 Å². The SMILES string of the molecule is CN(C)C(=O)c1ccc(CN2CCCC(CO)C2)cc1. The molecule has 4 nitrogen and oxygen atoms in total. The van der Waals surface area contributed by atoms with Crippen molar-refractivity contribution in [2.24, 2.45) is 5.92 Å². The number of aliphatic hydroxyl groups excluding tert-OH is 1. The van der Waals surface area contributed by atoms with Crippen LogP contribution in [0.3, 0.4) is 0 Å². The molecule has 1 N–H and O–H groups in total. The van der Waals surface area contributed by atoms with Gasteiger partial charge in [-0.05, 0) is 43.0 Å². The number of piperidine rings is 1. The van der Waals surface area contributed by atoms with Crippen molar-refractivity contribution in [2.45, 2.75) is 19.4 Å². The van der Waals surface area contributed by atoms with E-state index in [1.54, 1.807) is 19.0 Å². The second kappa shape index (κ2) is 6.86. The quantitative estimate of drug-likeness (QED) is 0.908. The number of carbonyl (C=O) groups excluding carboxylic acids is 1. The maximum absolute atomic E-state index is 11.8. The minimum Gasteiger partial charge on any atom is -0.396 e. The highest BCUT2D eigenvalue weighted by molar-refractivity contribution is 5.93. The number of nitrogens with zero attached hydrogens (tertiary/aromatic N) is 2. The normalized spacial score (nSPS) is 19.9. The summed E-state index contributed by atoms with van der Waals surface area (Å²) in [5.41, 5.74) is 1.95. The molecule has 1 heterocycles. The lowest BCUT2D eigenvalue weighted by Gasteiger charge is -2.31. The van der Waals surface area contributed by atoms with Crippen molar-refractivity contribution in [3.63, 3.8) is 0 Å². The van der Waals surface area contributed by atoms with E-state index in [0.717, 1.165) is 38.0 Å². The maximum atomic E-state index is 11.8. The number of rotatable bonds is 4. The van der Waals surface area contributed by atoms with Crippen molar-refractivity contribution in [1.82, 2.24) is 9.80 Å². The third-order valence-electron chi connectivity index (χ3n) is 3.87. The van der Waals surface area contributed by atoms with Crippen LogP contribution in [0.15, 0.2) is 24.3 Å². The van der Waals surface area contributed by atoms with E-state index >= 15 is 0 Å². The van der Waals surface area contributed by atoms with E-state index in [4.69, 9.17) is 0 Å². The Morgan fingerprint density at radius 3 is 2.65 bits per heavy atom. The molecule has 1 fully saturated rings. The smallest absolute Gasteiger partial charge is 0.253 e. The third kappa shape index (κ3) is 3.81. The van der Waals surface area contributed by atoms with Gasteiger partial charge in [0, 0.05) is 39.4 Å². The molecule has 0 spiro atoms. The van der Waals surface area contributed by atoms with Gasteiger partial charge in [0.2, 0.25) is 0 Å². The molecule has 0 radical (unpaired) electrons. The van der Waals surface area contributed by atoms with E-state index in [2.05, 4.69) is 4.90 Å². The number of likely N-dealkylation sites (tertiary alicyclic amines) is 1. The van der Waals surface area contributed by atoms with Gasteiger partial charge in [-0.25, -0.2) is 0 Å². The Balaban J connectivity index is 1.95. The van der Waals surface area contributed by atoms with Crippen LogP contribution < -0.4 is 0 Å². The fraction of sp³-hybridized carbons (Fsp3) is 0.562. The van der Waals surface area contributed by atoms with E-state index in [-0.39, 0.29) is 12.5 Å². The van der Waals surface area contributed by atoms with Gasteiger partial charge in [0.1, 0.15) is 0 Å². The van der Waals surface area contributed by atoms with Gasteiger partial charge in [0.25, 0.3) is 5.91 Å². The zero-order chi connectivity index (χ0) is 14.5. The highest BCUT2D eigenvalue weighted by atomic mass is 16.3. The summed E-state index contributed by atoms with van der Waals surface area (Å²) in [6.45, 7) is 3.24. The largest absolute Gasteiger partial charge is 0.396 e. The molecule has 4 heteroatoms. The summed E-state index contributed by atoms with van der Waals surface area (Å²) in [5, 5.41) is 9.26. The minimum absolute atomic E-state index is 0.0369. The van der Waals surface area contributed by atoms with E-state index < -0.39 is 0 Å². The van der Waals surface area contributed by atoms with Crippen molar-refractivity contribution < 1.29 is 9.90 Å². The van der Waals surface area contributed by atoms with Gasteiger partial charge >= 0.3 is 0 Å². The van der Waals surface area contributed by atoms with E-state index in [9.17, 15) is 9.90 Å². The molecule has 1 saturated heterocycles. The van der Waals surface area contributed by atoms with Crippen molar-refractivity contribution in [3.05, 3.63) is 35.4 Å². The molecule has 1 aliphatic rings. The highest BCUT2D eigenvalue weighted by Gasteiger charge is 2.19. The number of amides is 1. The van der Waals surface area contributed by atoms with Crippen molar-refractivity contribution >= 4 is 5.91 Å². The standard InChI is InChI=1S/C16H24N2O2/c1-17(2)16(20)15-7-5-13(6-8-15)10-18-9-3-4-14(11-18)12-19/h5-8,14,19H,3-4,9-12H2,1-2H3. The third-order valence-corrected chi connectivity index (χ3v) is 3.87. The highest BCUT2D eigenvalue weighted by Crippen LogP contribution is 2.18. The molecule has 1 amide bonds. The van der Waals surface area contributed by atoms with Crippen molar-refractivity contribution in [2.75, 3.05) is 33.8 Å². The number of hydrogen-bond acceptors (Lipinski definition) is 3. The fourth-order valence-electron chi connectivity index (χ4n) is 2.71. The molecule has 0 bridgehead atoms. The summed E-state index contributed by atoms with van der Waals surface area (Å²) in [4.78, 5) is 15.8. The van der Waals surface area contributed by atoms with Crippen LogP contribution >= 0.6 is 0 Å². The summed E-state index contributed by atoms with van der Waals surface area (Å²) in [6.07, 6.45) is 2.28. The predicted molar refractivity (Wildman–Crippen MR) is 79.5 cm³/mol. The molecule has 1 atom stereocenters. The van der Waals surface area contributed by atoms with Gasteiger partial charge in [0.15, 0.2) is 0 Å². The Bertz CT molecular complexity index is 442. The molecule has 1 aromatic rings. The van der Waals surface area contributed by atoms with Crippen LogP contribution in [0.4, 0.5) is 0 Å². The topological polar surface area (TPSA) is 43.8 Å². The number of carbonyl (C=O) groups is 1. The average Bonchev–Trinajstić information content (AvgIpc) is 2.47. The minimum atomic E-state index is 0.0369. The molecule has 0 saturated carbocycles. The second-order valence-electron chi connectivity index (χ2n) is 5.82. The Hall–Kier alpha value is -1.39. The van der Waals surface area contributed by atoms with Crippen LogP contribution in [0.1, 0.15) is 28.8 Å². The van der Waals surface area contributed by atoms with Crippen LogP contribution in [0.2, 0.25) is 0 Å². The maximum Gasteiger partial charge on any atom is 0.253 e. The zero-order valence-corrected chi connectivity index (χ0v) is 12.4. The first-order valence-electron chi connectivity index (χ1n) is 7.24. The van der Waals surface area contributed by atoms with E-state index in [0.29, 0.717) is 5.92 Å². The predicted octanol–water partition coefficient (Wildman–Crippen LogP) is 1.59. The molecule has 20 heavy (non-hydrogen) atoms. The van der Waals surface area contributed by atoms with Crippen molar-refractivity contribution in [3.8, 4) is 0 Å². The Kier molecular flexibility index (Phi) is 5.15. The second-order valence-corrected chi connectivity index (χ2v) is 5.82. The van der Waals surface area contributed by atoms with Gasteiger partial charge in [-0.3, -0.25) is 9.69 Å². The van der Waals surface area contributed by atoms with Crippen LogP contribution in [-0.2, 0) is 6.54 Å². The molecule has 1 unspecified atom stereocenters. The fourth-order valence-corrected chi connectivity index (χ4v) is 2.71. The molecule has 2 rings (SSSR count). The first kappa shape index (κ1) is 15.0. The molecule has 110 valence electrons. The van der Waals surface area contributed by atoms with Crippen molar-refractivity contribution in [1.29, 1.82) is 0 Å². The zero-order valence-electron chi connectivity index (χ0n) is 12.4. The van der Waals surface area contributed by atoms with Gasteiger partial charge < -0.3 is 10.0 Å². The molecular formula is C16H24N2O2. The molecule has 0 aromatic heterocycles. The van der Waals surface area contributed by atoms with Gasteiger partial charge in [-0.2, -0.15) is 0 Å². The average molecular weight is 276 g/mol. The number of hydrogen-bond donors (Lipinski definition) is 1. The Labute approximate surface area is 121 Å². The van der Waals surface area contributed by atoms with Crippen LogP contribution in [-0.4, -0.2) is 54.6 Å². The first-order valence-corrected chi connectivity index (χ1v) is 7.24. The Morgan fingerprint density at radius 1 is 1.35 bits per heavy atom. The van der Waals surface area contributed by atoms with Crippen LogP contribution in [0.25, 0.3) is 0 Å². The molecular weight excluding hydrogens is 252 g/mol.